The van der Waals surface area contributed by atoms with Crippen LogP contribution in [-0.2, 0) is 36.8 Å². The average molecular weight is 564 g/mol. The van der Waals surface area contributed by atoms with Crippen molar-refractivity contribution >= 4 is 40.6 Å². The van der Waals surface area contributed by atoms with Crippen molar-refractivity contribution in [3.63, 3.8) is 0 Å². The van der Waals surface area contributed by atoms with Crippen LogP contribution >= 0.6 is 0 Å². The number of benzene rings is 2. The summed E-state index contributed by atoms with van der Waals surface area (Å²) in [6, 6.07) is 11.6. The molecule has 12 heteroatoms. The maximum atomic E-state index is 13.5. The number of fused-ring (bicyclic) bond motifs is 1. The fraction of sp³-hybridized carbons (Fsp3) is 0.345. The molecule has 0 spiro atoms. The van der Waals surface area contributed by atoms with Gasteiger partial charge in [0.25, 0.3) is 0 Å². The highest BCUT2D eigenvalue weighted by molar-refractivity contribution is 5.96. The summed E-state index contributed by atoms with van der Waals surface area (Å²) < 4.78 is 0. The van der Waals surface area contributed by atoms with Gasteiger partial charge in [-0.1, -0.05) is 48.5 Å². The number of hydrogen-bond donors (Lipinski definition) is 7. The minimum Gasteiger partial charge on any atom is -0.481 e. The zero-order valence-electron chi connectivity index (χ0n) is 22.3. The summed E-state index contributed by atoms with van der Waals surface area (Å²) in [5, 5.41) is 30.7. The first kappa shape index (κ1) is 29.3. The van der Waals surface area contributed by atoms with E-state index in [1.54, 1.807) is 36.5 Å². The Bertz CT molecular complexity index is 1400. The predicted molar refractivity (Wildman–Crippen MR) is 149 cm³/mol. The van der Waals surface area contributed by atoms with E-state index in [0.717, 1.165) is 17.3 Å². The van der Waals surface area contributed by atoms with Gasteiger partial charge in [-0.2, -0.15) is 0 Å². The number of carbonyl (C=O) groups is 5. The van der Waals surface area contributed by atoms with E-state index in [-0.39, 0.29) is 12.8 Å². The number of aromatic nitrogens is 1. The number of aliphatic carboxylic acids is 2. The van der Waals surface area contributed by atoms with Crippen LogP contribution in [0.2, 0.25) is 0 Å². The number of aromatic amines is 1. The van der Waals surface area contributed by atoms with Crippen LogP contribution in [0.4, 0.5) is 0 Å². The Morgan fingerprint density at radius 1 is 0.829 bits per heavy atom. The third-order valence-corrected chi connectivity index (χ3v) is 7.02. The zero-order valence-corrected chi connectivity index (χ0v) is 22.3. The van der Waals surface area contributed by atoms with E-state index >= 15 is 0 Å². The highest BCUT2D eigenvalue weighted by atomic mass is 16.4. The summed E-state index contributed by atoms with van der Waals surface area (Å²) in [4.78, 5) is 66.1. The van der Waals surface area contributed by atoms with Gasteiger partial charge in [-0.05, 0) is 36.6 Å². The molecule has 4 rings (SSSR count). The maximum Gasteiger partial charge on any atom is 0.326 e. The topological polar surface area (TPSA) is 190 Å². The number of carboxylic acid groups (broad SMARTS) is 2. The van der Waals surface area contributed by atoms with Gasteiger partial charge in [-0.25, -0.2) is 4.79 Å². The van der Waals surface area contributed by atoms with Crippen LogP contribution in [0.15, 0.2) is 60.8 Å². The number of amides is 3. The van der Waals surface area contributed by atoms with Gasteiger partial charge in [0.05, 0.1) is 12.5 Å². The fourth-order valence-electron chi connectivity index (χ4n) is 4.89. The highest BCUT2D eigenvalue weighted by Gasteiger charge is 2.33. The molecule has 4 atom stereocenters. The van der Waals surface area contributed by atoms with Gasteiger partial charge >= 0.3 is 11.9 Å². The molecule has 4 unspecified atom stereocenters. The van der Waals surface area contributed by atoms with Crippen LogP contribution in [0.5, 0.6) is 0 Å². The Kier molecular flexibility index (Phi) is 9.69. The van der Waals surface area contributed by atoms with Gasteiger partial charge in [-0.3, -0.25) is 19.2 Å². The summed E-state index contributed by atoms with van der Waals surface area (Å²) in [5.41, 5.74) is 2.21. The molecule has 3 amide bonds. The number of hydrogen-bond acceptors (Lipinski definition) is 6. The van der Waals surface area contributed by atoms with Gasteiger partial charge in [-0.15, -0.1) is 0 Å². The fourth-order valence-corrected chi connectivity index (χ4v) is 4.89. The Morgan fingerprint density at radius 2 is 1.51 bits per heavy atom. The number of para-hydroxylation sites is 1. The van der Waals surface area contributed by atoms with E-state index in [2.05, 4.69) is 26.3 Å². The average Bonchev–Trinajstić information content (AvgIpc) is 3.63. The molecule has 1 saturated heterocycles. The molecule has 12 nitrogen and oxygen atoms in total. The quantitative estimate of drug-likeness (QED) is 0.158. The number of H-pyrrole nitrogens is 1. The Balaban J connectivity index is 1.52. The van der Waals surface area contributed by atoms with Gasteiger partial charge in [0, 0.05) is 29.9 Å². The molecular formula is C29H33N5O7. The molecule has 216 valence electrons. The van der Waals surface area contributed by atoms with Crippen molar-refractivity contribution in [2.24, 2.45) is 0 Å². The van der Waals surface area contributed by atoms with E-state index in [4.69, 9.17) is 0 Å². The van der Waals surface area contributed by atoms with E-state index in [0.29, 0.717) is 24.1 Å². The number of carboxylic acids is 2. The molecule has 0 radical (unpaired) electrons. The van der Waals surface area contributed by atoms with Gasteiger partial charge in [0.2, 0.25) is 17.7 Å². The lowest BCUT2D eigenvalue weighted by atomic mass is 10.0. The van der Waals surface area contributed by atoms with Crippen LogP contribution in [0.3, 0.4) is 0 Å². The summed E-state index contributed by atoms with van der Waals surface area (Å²) in [6.07, 6.45) is 2.32. The van der Waals surface area contributed by atoms with E-state index in [1.165, 1.54) is 0 Å². The van der Waals surface area contributed by atoms with Gasteiger partial charge in [0.15, 0.2) is 0 Å². The molecule has 1 fully saturated rings. The third kappa shape index (κ3) is 7.92. The highest BCUT2D eigenvalue weighted by Crippen LogP contribution is 2.19. The molecule has 2 aromatic carbocycles. The van der Waals surface area contributed by atoms with Crippen molar-refractivity contribution in [2.75, 3.05) is 6.54 Å². The van der Waals surface area contributed by atoms with E-state index in [9.17, 15) is 34.2 Å². The Hall–Kier alpha value is -4.71. The lowest BCUT2D eigenvalue weighted by Gasteiger charge is -2.25. The first-order valence-electron chi connectivity index (χ1n) is 13.4. The first-order valence-corrected chi connectivity index (χ1v) is 13.4. The second kappa shape index (κ2) is 13.6. The molecule has 2 heterocycles. The van der Waals surface area contributed by atoms with Crippen LogP contribution < -0.4 is 21.3 Å². The van der Waals surface area contributed by atoms with Gasteiger partial charge in [0.1, 0.15) is 18.1 Å². The standard InChI is InChI=1S/C29H33N5O7/c35-25(36)15-23(33-26(37)21-11-6-12-30-21)28(39)32-22(13-17-7-2-1-3-8-17)27(38)34-24(29(40)41)14-18-16-31-20-10-5-4-9-19(18)20/h1-5,7-10,16,21-24,30-31H,6,11-15H2,(H,32,39)(H,33,37)(H,34,38)(H,35,36)(H,40,41). The number of rotatable bonds is 13. The summed E-state index contributed by atoms with van der Waals surface area (Å²) in [5.74, 6) is -4.68. The lowest BCUT2D eigenvalue weighted by molar-refractivity contribution is -0.143. The minimum atomic E-state index is -1.44. The third-order valence-electron chi connectivity index (χ3n) is 7.02. The second-order valence-corrected chi connectivity index (χ2v) is 10.0. The van der Waals surface area contributed by atoms with Crippen molar-refractivity contribution in [1.82, 2.24) is 26.3 Å². The molecule has 1 aliphatic heterocycles. The van der Waals surface area contributed by atoms with Crippen molar-refractivity contribution in [1.29, 1.82) is 0 Å². The van der Waals surface area contributed by atoms with Crippen LogP contribution in [0, 0.1) is 0 Å². The molecule has 0 saturated carbocycles. The molecule has 7 N–H and O–H groups in total. The summed E-state index contributed by atoms with van der Waals surface area (Å²) in [7, 11) is 0. The Labute approximate surface area is 235 Å². The molecule has 1 aliphatic rings. The van der Waals surface area contributed by atoms with Crippen molar-refractivity contribution in [3.8, 4) is 0 Å². The summed E-state index contributed by atoms with van der Waals surface area (Å²) >= 11 is 0. The van der Waals surface area contributed by atoms with Crippen LogP contribution in [0.25, 0.3) is 10.9 Å². The predicted octanol–water partition coefficient (Wildman–Crippen LogP) is 0.719. The van der Waals surface area contributed by atoms with Crippen molar-refractivity contribution < 1.29 is 34.2 Å². The molecular weight excluding hydrogens is 530 g/mol. The first-order chi connectivity index (χ1) is 19.7. The van der Waals surface area contributed by atoms with Crippen molar-refractivity contribution in [3.05, 3.63) is 71.9 Å². The SMILES string of the molecule is O=C(O)CC(NC(=O)C1CCCN1)C(=O)NC(Cc1ccccc1)C(=O)NC(Cc1c[nH]c2ccccc12)C(=O)O. The van der Waals surface area contributed by atoms with Gasteiger partial charge < -0.3 is 36.5 Å². The lowest BCUT2D eigenvalue weighted by Crippen LogP contribution is -2.58. The van der Waals surface area contributed by atoms with E-state index < -0.39 is 60.2 Å². The normalized spacial score (nSPS) is 16.8. The summed E-state index contributed by atoms with van der Waals surface area (Å²) in [6.45, 7) is 0.635. The molecule has 0 aliphatic carbocycles. The molecule has 0 bridgehead atoms. The second-order valence-electron chi connectivity index (χ2n) is 10.0. The maximum absolute atomic E-state index is 13.5. The smallest absolute Gasteiger partial charge is 0.326 e. The molecule has 3 aromatic rings. The minimum absolute atomic E-state index is 0.00968. The van der Waals surface area contributed by atoms with E-state index in [1.807, 2.05) is 24.3 Å². The number of nitrogens with one attached hydrogen (secondary N) is 5. The van der Waals surface area contributed by atoms with Crippen molar-refractivity contribution in [2.45, 2.75) is 56.3 Å². The number of carbonyl (C=O) groups excluding carboxylic acids is 3. The monoisotopic (exact) mass is 563 g/mol. The molecule has 1 aromatic heterocycles. The zero-order chi connectivity index (χ0) is 29.4. The van der Waals surface area contributed by atoms with Crippen LogP contribution in [-0.4, -0.2) is 75.6 Å². The largest absolute Gasteiger partial charge is 0.481 e. The Morgan fingerprint density at radius 3 is 2.20 bits per heavy atom. The molecule has 41 heavy (non-hydrogen) atoms. The van der Waals surface area contributed by atoms with Crippen LogP contribution in [0.1, 0.15) is 30.4 Å².